The molecule has 1 aromatic rings. The van der Waals surface area contributed by atoms with E-state index in [4.69, 9.17) is 0 Å². The molecule has 1 aromatic heterocycles. The van der Waals surface area contributed by atoms with Gasteiger partial charge in [0.25, 0.3) is 0 Å². The van der Waals surface area contributed by atoms with Crippen LogP contribution in [0.3, 0.4) is 0 Å². The van der Waals surface area contributed by atoms with Crippen molar-refractivity contribution in [3.05, 3.63) is 29.6 Å². The quantitative estimate of drug-likeness (QED) is 0.786. The van der Waals surface area contributed by atoms with E-state index >= 15 is 0 Å². The van der Waals surface area contributed by atoms with Crippen molar-refractivity contribution in [1.29, 1.82) is 0 Å². The highest BCUT2D eigenvalue weighted by molar-refractivity contribution is 5.21. The normalized spacial score (nSPS) is 18.5. The Morgan fingerprint density at radius 3 is 3.00 bits per heavy atom. The van der Waals surface area contributed by atoms with Crippen LogP contribution in [0.15, 0.2) is 18.3 Å². The molecule has 1 aliphatic rings. The number of pyridine rings is 1. The van der Waals surface area contributed by atoms with E-state index in [-0.39, 0.29) is 0 Å². The lowest BCUT2D eigenvalue weighted by molar-refractivity contribution is 0.160. The lowest BCUT2D eigenvalue weighted by atomic mass is 9.93. The lowest BCUT2D eigenvalue weighted by Gasteiger charge is -2.27. The van der Waals surface area contributed by atoms with Crippen LogP contribution in [0.4, 0.5) is 0 Å². The Balaban J connectivity index is 1.89. The summed E-state index contributed by atoms with van der Waals surface area (Å²) in [5.41, 5.74) is 1.85. The van der Waals surface area contributed by atoms with Gasteiger partial charge >= 0.3 is 0 Å². The molecule has 0 unspecified atom stereocenters. The van der Waals surface area contributed by atoms with E-state index in [1.165, 1.54) is 19.3 Å². The van der Waals surface area contributed by atoms with Gasteiger partial charge in [0, 0.05) is 30.0 Å². The third kappa shape index (κ3) is 2.55. The highest BCUT2D eigenvalue weighted by Gasteiger charge is 2.18. The van der Waals surface area contributed by atoms with Crippen LogP contribution in [0.2, 0.25) is 0 Å². The molecule has 15 heavy (non-hydrogen) atoms. The van der Waals surface area contributed by atoms with Gasteiger partial charge in [-0.05, 0) is 25.8 Å². The Labute approximate surface area is 90.5 Å². The molecule has 1 saturated carbocycles. The average Bonchev–Trinajstić information content (AvgIpc) is 2.16. The van der Waals surface area contributed by atoms with Crippen LogP contribution in [0.1, 0.15) is 36.6 Å². The number of nitrogens with one attached hydrogen (secondary N) is 1. The topological polar surface area (TPSA) is 45.2 Å². The van der Waals surface area contributed by atoms with Gasteiger partial charge in [-0.25, -0.2) is 0 Å². The predicted molar refractivity (Wildman–Crippen MR) is 59.6 cm³/mol. The van der Waals surface area contributed by atoms with Gasteiger partial charge in [-0.3, -0.25) is 4.98 Å². The molecular weight excluding hydrogens is 188 g/mol. The highest BCUT2D eigenvalue weighted by atomic mass is 16.3. The van der Waals surface area contributed by atoms with Gasteiger partial charge in [0.15, 0.2) is 0 Å². The molecule has 82 valence electrons. The van der Waals surface area contributed by atoms with E-state index in [0.29, 0.717) is 12.6 Å². The number of hydrogen-bond donors (Lipinski definition) is 2. The van der Waals surface area contributed by atoms with E-state index in [1.807, 2.05) is 19.1 Å². The zero-order valence-electron chi connectivity index (χ0n) is 9.11. The summed E-state index contributed by atoms with van der Waals surface area (Å²) < 4.78 is 0. The smallest absolute Gasteiger partial charge is 0.0931 e. The molecule has 1 aliphatic carbocycles. The van der Waals surface area contributed by atoms with E-state index in [0.717, 1.165) is 11.3 Å². The third-order valence-electron chi connectivity index (χ3n) is 3.11. The number of aromatic nitrogens is 1. The summed E-state index contributed by atoms with van der Waals surface area (Å²) in [5, 5.41) is 13.3. The van der Waals surface area contributed by atoms with Crippen molar-refractivity contribution in [2.75, 3.05) is 6.54 Å². The molecule has 3 nitrogen and oxygen atoms in total. The number of hydrogen-bond acceptors (Lipinski definition) is 3. The van der Waals surface area contributed by atoms with Crippen LogP contribution in [0.5, 0.6) is 0 Å². The van der Waals surface area contributed by atoms with E-state index in [1.54, 1.807) is 6.20 Å². The Bertz CT molecular complexity index is 323. The van der Waals surface area contributed by atoms with Crippen molar-refractivity contribution in [2.24, 2.45) is 0 Å². The largest absolute Gasteiger partial charge is 0.387 e. The lowest BCUT2D eigenvalue weighted by Crippen LogP contribution is -2.37. The molecule has 2 N–H and O–H groups in total. The maximum absolute atomic E-state index is 9.97. The van der Waals surface area contributed by atoms with Crippen molar-refractivity contribution < 1.29 is 5.11 Å². The summed E-state index contributed by atoms with van der Waals surface area (Å²) in [7, 11) is 0. The Morgan fingerprint density at radius 1 is 1.60 bits per heavy atom. The minimum atomic E-state index is -0.431. The number of aryl methyl sites for hydroxylation is 1. The van der Waals surface area contributed by atoms with Crippen LogP contribution >= 0.6 is 0 Å². The number of aliphatic hydroxyl groups excluding tert-OH is 1. The second-order valence-corrected chi connectivity index (χ2v) is 4.23. The van der Waals surface area contributed by atoms with Gasteiger partial charge in [-0.2, -0.15) is 0 Å². The number of aliphatic hydroxyl groups is 1. The molecule has 1 fully saturated rings. The van der Waals surface area contributed by atoms with Crippen molar-refractivity contribution in [1.82, 2.24) is 10.3 Å². The molecule has 0 radical (unpaired) electrons. The summed E-state index contributed by atoms with van der Waals surface area (Å²) in [6.07, 6.45) is 5.14. The molecule has 0 aromatic carbocycles. The molecule has 1 heterocycles. The molecule has 0 amide bonds. The van der Waals surface area contributed by atoms with E-state index in [9.17, 15) is 5.11 Å². The third-order valence-corrected chi connectivity index (χ3v) is 3.11. The molecule has 3 heteroatoms. The zero-order chi connectivity index (χ0) is 10.7. The van der Waals surface area contributed by atoms with Gasteiger partial charge in [0.05, 0.1) is 6.10 Å². The van der Waals surface area contributed by atoms with Crippen LogP contribution in [-0.2, 0) is 0 Å². The highest BCUT2D eigenvalue weighted by Crippen LogP contribution is 2.20. The maximum Gasteiger partial charge on any atom is 0.0931 e. The summed E-state index contributed by atoms with van der Waals surface area (Å²) in [5.74, 6) is 0. The maximum atomic E-state index is 9.97. The van der Waals surface area contributed by atoms with Gasteiger partial charge in [-0.1, -0.05) is 12.5 Å². The Morgan fingerprint density at radius 2 is 2.40 bits per heavy atom. The van der Waals surface area contributed by atoms with Crippen LogP contribution in [0, 0.1) is 6.92 Å². The molecule has 1 atom stereocenters. The summed E-state index contributed by atoms with van der Waals surface area (Å²) >= 11 is 0. The SMILES string of the molecule is Cc1ncccc1[C@@H](O)CNC1CCC1. The van der Waals surface area contributed by atoms with Crippen LogP contribution in [0.25, 0.3) is 0 Å². The van der Waals surface area contributed by atoms with E-state index < -0.39 is 6.10 Å². The standard InChI is InChI=1S/C12H18N2O/c1-9-11(6-3-7-13-9)12(15)8-14-10-4-2-5-10/h3,6-7,10,12,14-15H,2,4-5,8H2,1H3/t12-/m0/s1. The monoisotopic (exact) mass is 206 g/mol. The van der Waals surface area contributed by atoms with E-state index in [2.05, 4.69) is 10.3 Å². The first-order valence-electron chi connectivity index (χ1n) is 5.60. The minimum absolute atomic E-state index is 0.431. The van der Waals surface area contributed by atoms with Crippen molar-refractivity contribution >= 4 is 0 Å². The fourth-order valence-corrected chi connectivity index (χ4v) is 1.85. The molecule has 2 rings (SSSR count). The second kappa shape index (κ2) is 4.73. The summed E-state index contributed by atoms with van der Waals surface area (Å²) in [4.78, 5) is 4.17. The van der Waals surface area contributed by atoms with Crippen molar-refractivity contribution in [3.8, 4) is 0 Å². The molecule has 0 spiro atoms. The fourth-order valence-electron chi connectivity index (χ4n) is 1.85. The molecule has 0 saturated heterocycles. The van der Waals surface area contributed by atoms with Crippen molar-refractivity contribution in [3.63, 3.8) is 0 Å². The Kier molecular flexibility index (Phi) is 3.34. The summed E-state index contributed by atoms with van der Waals surface area (Å²) in [6.45, 7) is 2.57. The first-order chi connectivity index (χ1) is 7.27. The van der Waals surface area contributed by atoms with Gasteiger partial charge in [-0.15, -0.1) is 0 Å². The fraction of sp³-hybridized carbons (Fsp3) is 0.583. The minimum Gasteiger partial charge on any atom is -0.387 e. The number of rotatable bonds is 4. The first kappa shape index (κ1) is 10.6. The predicted octanol–water partition coefficient (Wildman–Crippen LogP) is 1.57. The first-order valence-corrected chi connectivity index (χ1v) is 5.60. The van der Waals surface area contributed by atoms with Gasteiger partial charge in [0.1, 0.15) is 0 Å². The zero-order valence-corrected chi connectivity index (χ0v) is 9.11. The second-order valence-electron chi connectivity index (χ2n) is 4.23. The van der Waals surface area contributed by atoms with Crippen LogP contribution < -0.4 is 5.32 Å². The van der Waals surface area contributed by atoms with Crippen LogP contribution in [-0.4, -0.2) is 22.7 Å². The summed E-state index contributed by atoms with van der Waals surface area (Å²) in [6, 6.07) is 4.43. The van der Waals surface area contributed by atoms with Gasteiger partial charge < -0.3 is 10.4 Å². The molecule has 0 aliphatic heterocycles. The van der Waals surface area contributed by atoms with Gasteiger partial charge in [0.2, 0.25) is 0 Å². The van der Waals surface area contributed by atoms with Crippen molar-refractivity contribution in [2.45, 2.75) is 38.3 Å². The molecule has 0 bridgehead atoms. The molecular formula is C12H18N2O. The average molecular weight is 206 g/mol. The Hall–Kier alpha value is -0.930. The number of nitrogens with zero attached hydrogens (tertiary/aromatic N) is 1.